The van der Waals surface area contributed by atoms with Crippen molar-refractivity contribution < 1.29 is 4.79 Å². The molecule has 0 saturated heterocycles. The Labute approximate surface area is 117 Å². The molecule has 0 heterocycles. The monoisotopic (exact) mass is 262 g/mol. The van der Waals surface area contributed by atoms with E-state index in [1.54, 1.807) is 0 Å². The second-order valence-electron chi connectivity index (χ2n) is 4.90. The summed E-state index contributed by atoms with van der Waals surface area (Å²) in [6.07, 6.45) is 1.97. The van der Waals surface area contributed by atoms with Crippen molar-refractivity contribution in [2.45, 2.75) is 39.7 Å². The van der Waals surface area contributed by atoms with Crippen molar-refractivity contribution in [2.75, 3.05) is 19.6 Å². The molecular formula is C16H26N2O. The number of nitrogens with one attached hydrogen (secondary N) is 1. The van der Waals surface area contributed by atoms with Crippen molar-refractivity contribution in [3.8, 4) is 0 Å². The van der Waals surface area contributed by atoms with Gasteiger partial charge in [-0.3, -0.25) is 4.79 Å². The first-order valence-corrected chi connectivity index (χ1v) is 7.22. The highest BCUT2D eigenvalue weighted by atomic mass is 16.2. The van der Waals surface area contributed by atoms with E-state index in [0.29, 0.717) is 12.6 Å². The lowest BCUT2D eigenvalue weighted by Gasteiger charge is -2.22. The van der Waals surface area contributed by atoms with E-state index in [0.717, 1.165) is 25.9 Å². The number of likely N-dealkylation sites (N-methyl/N-ethyl adjacent to an activating group) is 1. The van der Waals surface area contributed by atoms with Gasteiger partial charge in [0.05, 0.1) is 6.54 Å². The molecule has 0 aromatic heterocycles. The summed E-state index contributed by atoms with van der Waals surface area (Å²) < 4.78 is 0. The third-order valence-electron chi connectivity index (χ3n) is 3.46. The van der Waals surface area contributed by atoms with Crippen molar-refractivity contribution in [3.63, 3.8) is 0 Å². The molecule has 1 amide bonds. The minimum Gasteiger partial charge on any atom is -0.342 e. The molecular weight excluding hydrogens is 236 g/mol. The Morgan fingerprint density at radius 1 is 1.26 bits per heavy atom. The molecule has 0 radical (unpaired) electrons. The van der Waals surface area contributed by atoms with Crippen LogP contribution in [-0.2, 0) is 11.2 Å². The fourth-order valence-electron chi connectivity index (χ4n) is 1.89. The largest absolute Gasteiger partial charge is 0.342 e. The number of benzene rings is 1. The fourth-order valence-corrected chi connectivity index (χ4v) is 1.89. The number of nitrogens with zero attached hydrogens (tertiary/aromatic N) is 1. The molecule has 0 aliphatic rings. The number of hydrogen-bond donors (Lipinski definition) is 1. The van der Waals surface area contributed by atoms with Crippen LogP contribution in [0.15, 0.2) is 30.3 Å². The first-order valence-electron chi connectivity index (χ1n) is 7.22. The van der Waals surface area contributed by atoms with E-state index in [4.69, 9.17) is 0 Å². The number of carbonyl (C=O) groups is 1. The number of rotatable bonds is 8. The van der Waals surface area contributed by atoms with Gasteiger partial charge >= 0.3 is 0 Å². The van der Waals surface area contributed by atoms with Crippen molar-refractivity contribution in [1.82, 2.24) is 10.2 Å². The summed E-state index contributed by atoms with van der Waals surface area (Å²) in [7, 11) is 0. The van der Waals surface area contributed by atoms with Gasteiger partial charge in [-0.25, -0.2) is 0 Å². The fraction of sp³-hybridized carbons (Fsp3) is 0.562. The molecule has 1 N–H and O–H groups in total. The predicted octanol–water partition coefficient (Wildman–Crippen LogP) is 2.47. The van der Waals surface area contributed by atoms with E-state index < -0.39 is 0 Å². The van der Waals surface area contributed by atoms with Gasteiger partial charge < -0.3 is 10.2 Å². The molecule has 0 bridgehead atoms. The van der Waals surface area contributed by atoms with Crippen LogP contribution in [0, 0.1) is 0 Å². The summed E-state index contributed by atoms with van der Waals surface area (Å²) in [6, 6.07) is 10.7. The molecule has 0 spiro atoms. The molecule has 1 atom stereocenters. The van der Waals surface area contributed by atoms with E-state index in [2.05, 4.69) is 31.3 Å². The molecule has 1 aromatic carbocycles. The zero-order valence-corrected chi connectivity index (χ0v) is 12.4. The van der Waals surface area contributed by atoms with Gasteiger partial charge in [0.1, 0.15) is 0 Å². The maximum atomic E-state index is 12.1. The maximum Gasteiger partial charge on any atom is 0.236 e. The number of carbonyl (C=O) groups excluding carboxylic acids is 1. The molecule has 0 fully saturated rings. The van der Waals surface area contributed by atoms with Crippen LogP contribution in [0.25, 0.3) is 0 Å². The van der Waals surface area contributed by atoms with Crippen molar-refractivity contribution in [3.05, 3.63) is 35.9 Å². The molecule has 1 unspecified atom stereocenters. The lowest BCUT2D eigenvalue weighted by molar-refractivity contribution is -0.130. The summed E-state index contributed by atoms with van der Waals surface area (Å²) >= 11 is 0. The van der Waals surface area contributed by atoms with Gasteiger partial charge in [0.15, 0.2) is 0 Å². The van der Waals surface area contributed by atoms with Gasteiger partial charge in [0.2, 0.25) is 5.91 Å². The maximum absolute atomic E-state index is 12.1. The molecule has 1 rings (SSSR count). The third-order valence-corrected chi connectivity index (χ3v) is 3.46. The zero-order valence-electron chi connectivity index (χ0n) is 12.4. The van der Waals surface area contributed by atoms with E-state index in [-0.39, 0.29) is 5.91 Å². The Kier molecular flexibility index (Phi) is 7.19. The first kappa shape index (κ1) is 15.7. The predicted molar refractivity (Wildman–Crippen MR) is 80.2 cm³/mol. The van der Waals surface area contributed by atoms with Crippen molar-refractivity contribution >= 4 is 5.91 Å². The molecule has 19 heavy (non-hydrogen) atoms. The number of hydrogen-bond acceptors (Lipinski definition) is 2. The lowest BCUT2D eigenvalue weighted by Crippen LogP contribution is -2.41. The van der Waals surface area contributed by atoms with Crippen LogP contribution < -0.4 is 5.32 Å². The molecule has 3 heteroatoms. The molecule has 0 saturated carbocycles. The van der Waals surface area contributed by atoms with Crippen molar-refractivity contribution in [1.29, 1.82) is 0 Å². The second kappa shape index (κ2) is 8.70. The van der Waals surface area contributed by atoms with Gasteiger partial charge in [0.25, 0.3) is 0 Å². The van der Waals surface area contributed by atoms with E-state index >= 15 is 0 Å². The summed E-state index contributed by atoms with van der Waals surface area (Å²) in [5.74, 6) is 0.193. The topological polar surface area (TPSA) is 32.3 Å². The highest BCUT2D eigenvalue weighted by Crippen LogP contribution is 2.02. The minimum atomic E-state index is 0.193. The standard InChI is InChI=1S/C16H26N2O/c1-4-14(3)17-13-16(19)18(5-2)12-11-15-9-7-6-8-10-15/h6-10,14,17H,4-5,11-13H2,1-3H3. The summed E-state index contributed by atoms with van der Waals surface area (Å²) in [6.45, 7) is 8.27. The van der Waals surface area contributed by atoms with Crippen LogP contribution in [0.2, 0.25) is 0 Å². The molecule has 3 nitrogen and oxygen atoms in total. The highest BCUT2D eigenvalue weighted by Gasteiger charge is 2.11. The molecule has 106 valence electrons. The van der Waals surface area contributed by atoms with Gasteiger partial charge in [-0.1, -0.05) is 37.3 Å². The average molecular weight is 262 g/mol. The minimum absolute atomic E-state index is 0.193. The lowest BCUT2D eigenvalue weighted by atomic mass is 10.1. The van der Waals surface area contributed by atoms with Crippen LogP contribution in [0.4, 0.5) is 0 Å². The Hall–Kier alpha value is -1.35. The van der Waals surface area contributed by atoms with Gasteiger partial charge in [-0.05, 0) is 32.3 Å². The SMILES string of the molecule is CCC(C)NCC(=O)N(CC)CCc1ccccc1. The third kappa shape index (κ3) is 5.88. The van der Waals surface area contributed by atoms with Crippen LogP contribution in [-0.4, -0.2) is 36.5 Å². The van der Waals surface area contributed by atoms with Crippen molar-refractivity contribution in [2.24, 2.45) is 0 Å². The van der Waals surface area contributed by atoms with Gasteiger partial charge in [-0.15, -0.1) is 0 Å². The van der Waals surface area contributed by atoms with Gasteiger partial charge in [-0.2, -0.15) is 0 Å². The van der Waals surface area contributed by atoms with Gasteiger partial charge in [0, 0.05) is 19.1 Å². The van der Waals surface area contributed by atoms with Crippen LogP contribution in [0.5, 0.6) is 0 Å². The average Bonchev–Trinajstić information content (AvgIpc) is 2.46. The van der Waals surface area contributed by atoms with Crippen LogP contribution in [0.1, 0.15) is 32.8 Å². The smallest absolute Gasteiger partial charge is 0.236 e. The quantitative estimate of drug-likeness (QED) is 0.780. The molecule has 0 aliphatic carbocycles. The number of amides is 1. The molecule has 0 aliphatic heterocycles. The first-order chi connectivity index (χ1) is 9.17. The van der Waals surface area contributed by atoms with Crippen LogP contribution in [0.3, 0.4) is 0 Å². The summed E-state index contributed by atoms with van der Waals surface area (Å²) in [5, 5.41) is 3.25. The van der Waals surface area contributed by atoms with Crippen LogP contribution >= 0.6 is 0 Å². The van der Waals surface area contributed by atoms with E-state index in [9.17, 15) is 4.79 Å². The Bertz CT molecular complexity index is 364. The Morgan fingerprint density at radius 3 is 2.53 bits per heavy atom. The van der Waals surface area contributed by atoms with E-state index in [1.807, 2.05) is 30.0 Å². The molecule has 1 aromatic rings. The Morgan fingerprint density at radius 2 is 1.95 bits per heavy atom. The zero-order chi connectivity index (χ0) is 14.1. The van der Waals surface area contributed by atoms with E-state index in [1.165, 1.54) is 5.56 Å². The second-order valence-corrected chi connectivity index (χ2v) is 4.90. The summed E-state index contributed by atoms with van der Waals surface area (Å²) in [4.78, 5) is 14.0. The highest BCUT2D eigenvalue weighted by molar-refractivity contribution is 5.78. The normalized spacial score (nSPS) is 12.2. The summed E-state index contributed by atoms with van der Waals surface area (Å²) in [5.41, 5.74) is 1.28. The Balaban J connectivity index is 2.38.